The Hall–Kier alpha value is -0.690. The Morgan fingerprint density at radius 2 is 2.14 bits per heavy atom. The molecule has 0 aromatic carbocycles. The van der Waals surface area contributed by atoms with Crippen molar-refractivity contribution in [2.75, 3.05) is 46.4 Å². The zero-order valence-corrected chi connectivity index (χ0v) is 13.8. The van der Waals surface area contributed by atoms with Crippen molar-refractivity contribution >= 4 is 5.91 Å². The van der Waals surface area contributed by atoms with Crippen LogP contribution in [-0.4, -0.2) is 85.4 Å². The molecule has 0 spiro atoms. The van der Waals surface area contributed by atoms with Crippen molar-refractivity contribution in [2.24, 2.45) is 0 Å². The van der Waals surface area contributed by atoms with E-state index in [1.165, 1.54) is 0 Å². The molecule has 0 saturated carbocycles. The first kappa shape index (κ1) is 18.4. The number of carbonyl (C=O) groups excluding carboxylic acids is 1. The smallest absolute Gasteiger partial charge is 0.237 e. The van der Waals surface area contributed by atoms with Crippen molar-refractivity contribution in [1.29, 1.82) is 0 Å². The summed E-state index contributed by atoms with van der Waals surface area (Å²) in [4.78, 5) is 16.6. The van der Waals surface area contributed by atoms with E-state index in [0.29, 0.717) is 25.7 Å². The molecule has 124 valence electrons. The van der Waals surface area contributed by atoms with Gasteiger partial charge in [0.25, 0.3) is 0 Å². The molecule has 0 aromatic heterocycles. The van der Waals surface area contributed by atoms with Crippen LogP contribution in [0.25, 0.3) is 0 Å². The predicted molar refractivity (Wildman–Crippen MR) is 83.3 cm³/mol. The second-order valence-electron chi connectivity index (χ2n) is 6.00. The molecule has 1 heterocycles. The molecule has 0 radical (unpaired) electrons. The molecular formula is C15H31N3O3. The van der Waals surface area contributed by atoms with Crippen LogP contribution in [0.2, 0.25) is 0 Å². The van der Waals surface area contributed by atoms with Crippen molar-refractivity contribution in [3.05, 3.63) is 0 Å². The number of nitrogens with zero attached hydrogens (tertiary/aromatic N) is 2. The summed E-state index contributed by atoms with van der Waals surface area (Å²) < 4.78 is 4.97. The summed E-state index contributed by atoms with van der Waals surface area (Å²) in [7, 11) is 1.67. The largest absolute Gasteiger partial charge is 0.392 e. The minimum absolute atomic E-state index is 0.0854. The predicted octanol–water partition coefficient (Wildman–Crippen LogP) is -0.0855. The van der Waals surface area contributed by atoms with Gasteiger partial charge in [-0.2, -0.15) is 0 Å². The SMILES string of the molecule is COCCCNC(=O)[C@H](C)N1CCN(C[C@@H](C)O)[C@H](C)C1. The van der Waals surface area contributed by atoms with Crippen molar-refractivity contribution in [3.63, 3.8) is 0 Å². The first-order valence-corrected chi connectivity index (χ1v) is 7.88. The molecule has 6 nitrogen and oxygen atoms in total. The van der Waals surface area contributed by atoms with Gasteiger partial charge in [-0.05, 0) is 27.2 Å². The van der Waals surface area contributed by atoms with E-state index in [2.05, 4.69) is 22.0 Å². The maximum atomic E-state index is 12.1. The highest BCUT2D eigenvalue weighted by molar-refractivity contribution is 5.81. The van der Waals surface area contributed by atoms with Crippen molar-refractivity contribution in [1.82, 2.24) is 15.1 Å². The van der Waals surface area contributed by atoms with E-state index < -0.39 is 0 Å². The van der Waals surface area contributed by atoms with Gasteiger partial charge in [0, 0.05) is 52.5 Å². The number of carbonyl (C=O) groups is 1. The molecule has 1 aliphatic heterocycles. The van der Waals surface area contributed by atoms with E-state index in [1.807, 2.05) is 13.8 Å². The fraction of sp³-hybridized carbons (Fsp3) is 0.933. The van der Waals surface area contributed by atoms with Crippen molar-refractivity contribution < 1.29 is 14.6 Å². The average molecular weight is 301 g/mol. The van der Waals surface area contributed by atoms with Crippen LogP contribution in [0.4, 0.5) is 0 Å². The Balaban J connectivity index is 2.35. The standard InChI is InChI=1S/C15H31N3O3/c1-12-10-18(8-7-17(12)11-13(2)19)14(3)15(20)16-6-5-9-21-4/h12-14,19H,5-11H2,1-4H3,(H,16,20)/t12-,13-,14+/m1/s1. The van der Waals surface area contributed by atoms with Crippen LogP contribution in [0, 0.1) is 0 Å². The highest BCUT2D eigenvalue weighted by atomic mass is 16.5. The number of methoxy groups -OCH3 is 1. The molecule has 0 unspecified atom stereocenters. The lowest BCUT2D eigenvalue weighted by Crippen LogP contribution is -2.58. The minimum atomic E-state index is -0.305. The molecule has 1 aliphatic rings. The summed E-state index contributed by atoms with van der Waals surface area (Å²) in [6, 6.07) is 0.251. The van der Waals surface area contributed by atoms with E-state index >= 15 is 0 Å². The van der Waals surface area contributed by atoms with Gasteiger partial charge in [0.2, 0.25) is 5.91 Å². The Morgan fingerprint density at radius 1 is 1.43 bits per heavy atom. The van der Waals surface area contributed by atoms with Crippen molar-refractivity contribution in [2.45, 2.75) is 45.4 Å². The number of β-amino-alcohol motifs (C(OH)–C–C–N with tert-alkyl or cyclic N) is 1. The molecule has 0 bridgehead atoms. The molecule has 1 rings (SSSR count). The molecule has 2 N–H and O–H groups in total. The highest BCUT2D eigenvalue weighted by Gasteiger charge is 2.29. The number of hydrogen-bond donors (Lipinski definition) is 2. The van der Waals surface area contributed by atoms with Gasteiger partial charge >= 0.3 is 0 Å². The van der Waals surface area contributed by atoms with Crippen LogP contribution in [0.1, 0.15) is 27.2 Å². The maximum absolute atomic E-state index is 12.1. The zero-order chi connectivity index (χ0) is 15.8. The quantitative estimate of drug-likeness (QED) is 0.614. The Kier molecular flexibility index (Phi) is 8.18. The second-order valence-corrected chi connectivity index (χ2v) is 6.00. The van der Waals surface area contributed by atoms with Crippen LogP contribution in [0.15, 0.2) is 0 Å². The van der Waals surface area contributed by atoms with Gasteiger partial charge in [-0.15, -0.1) is 0 Å². The third kappa shape index (κ3) is 6.30. The van der Waals surface area contributed by atoms with Gasteiger partial charge in [0.05, 0.1) is 12.1 Å². The summed E-state index contributed by atoms with van der Waals surface area (Å²) >= 11 is 0. The van der Waals surface area contributed by atoms with E-state index in [4.69, 9.17) is 4.74 Å². The fourth-order valence-electron chi connectivity index (χ4n) is 2.73. The molecule has 21 heavy (non-hydrogen) atoms. The van der Waals surface area contributed by atoms with E-state index in [9.17, 15) is 9.90 Å². The number of hydrogen-bond acceptors (Lipinski definition) is 5. The van der Waals surface area contributed by atoms with Gasteiger partial charge in [-0.3, -0.25) is 14.6 Å². The van der Waals surface area contributed by atoms with Gasteiger partial charge < -0.3 is 15.2 Å². The van der Waals surface area contributed by atoms with E-state index in [-0.39, 0.29) is 18.1 Å². The molecule has 1 fully saturated rings. The topological polar surface area (TPSA) is 65.0 Å². The Bertz CT molecular complexity index is 313. The zero-order valence-electron chi connectivity index (χ0n) is 13.8. The van der Waals surface area contributed by atoms with E-state index in [1.54, 1.807) is 7.11 Å². The van der Waals surface area contributed by atoms with Gasteiger partial charge in [0.15, 0.2) is 0 Å². The Labute approximate surface area is 128 Å². The maximum Gasteiger partial charge on any atom is 0.237 e. The molecule has 0 aliphatic carbocycles. The number of ether oxygens (including phenoxy) is 1. The molecule has 1 amide bonds. The molecular weight excluding hydrogens is 270 g/mol. The van der Waals surface area contributed by atoms with Gasteiger partial charge in [-0.25, -0.2) is 0 Å². The van der Waals surface area contributed by atoms with Crippen LogP contribution in [0.5, 0.6) is 0 Å². The van der Waals surface area contributed by atoms with Crippen molar-refractivity contribution in [3.8, 4) is 0 Å². The first-order valence-electron chi connectivity index (χ1n) is 7.88. The summed E-state index contributed by atoms with van der Waals surface area (Å²) in [5.74, 6) is 0.0854. The Morgan fingerprint density at radius 3 is 2.71 bits per heavy atom. The van der Waals surface area contributed by atoms with Crippen LogP contribution < -0.4 is 5.32 Å². The molecule has 3 atom stereocenters. The molecule has 0 aromatic rings. The minimum Gasteiger partial charge on any atom is -0.392 e. The summed E-state index contributed by atoms with van der Waals surface area (Å²) in [5, 5.41) is 12.5. The third-order valence-electron chi connectivity index (χ3n) is 4.05. The van der Waals surface area contributed by atoms with Gasteiger partial charge in [-0.1, -0.05) is 0 Å². The summed E-state index contributed by atoms with van der Waals surface area (Å²) in [6.07, 6.45) is 0.536. The van der Waals surface area contributed by atoms with E-state index in [0.717, 1.165) is 26.1 Å². The van der Waals surface area contributed by atoms with Crippen LogP contribution in [-0.2, 0) is 9.53 Å². The van der Waals surface area contributed by atoms with Crippen LogP contribution >= 0.6 is 0 Å². The monoisotopic (exact) mass is 301 g/mol. The first-order chi connectivity index (χ1) is 9.95. The lowest BCUT2D eigenvalue weighted by atomic mass is 10.1. The average Bonchev–Trinajstić information content (AvgIpc) is 2.44. The van der Waals surface area contributed by atoms with Gasteiger partial charge in [0.1, 0.15) is 0 Å². The van der Waals surface area contributed by atoms with Crippen LogP contribution in [0.3, 0.4) is 0 Å². The third-order valence-corrected chi connectivity index (χ3v) is 4.05. The fourth-order valence-corrected chi connectivity index (χ4v) is 2.73. The highest BCUT2D eigenvalue weighted by Crippen LogP contribution is 2.13. The number of rotatable bonds is 8. The number of aliphatic hydroxyl groups excluding tert-OH is 1. The summed E-state index contributed by atoms with van der Waals surface area (Å²) in [5.41, 5.74) is 0. The number of aliphatic hydroxyl groups is 1. The molecule has 6 heteroatoms. The number of piperazine rings is 1. The number of amides is 1. The molecule has 1 saturated heterocycles. The lowest BCUT2D eigenvalue weighted by molar-refractivity contribution is -0.127. The normalized spacial score (nSPS) is 23.8. The number of nitrogens with one attached hydrogen (secondary N) is 1. The lowest BCUT2D eigenvalue weighted by Gasteiger charge is -2.42. The summed E-state index contributed by atoms with van der Waals surface area (Å²) in [6.45, 7) is 10.6. The second kappa shape index (κ2) is 9.35.